The van der Waals surface area contributed by atoms with Crippen molar-refractivity contribution < 1.29 is 4.39 Å². The highest BCUT2D eigenvalue weighted by Crippen LogP contribution is 2.19. The summed E-state index contributed by atoms with van der Waals surface area (Å²) in [4.78, 5) is 4.84. The Bertz CT molecular complexity index is 455. The standard InChI is InChI=1S/C18H25FN2/c1-3-5-16(6-4-2)15-20-11-13-21(14-12-20)18-9-7-17(19)8-10-18/h1,7-10,16H,4-6,11-15H2,2H3. The van der Waals surface area contributed by atoms with E-state index in [1.807, 2.05) is 12.1 Å². The SMILES string of the molecule is C#CCC(CCC)CN1CCN(c2ccc(F)cc2)CC1. The van der Waals surface area contributed by atoms with Crippen molar-refractivity contribution in [3.63, 3.8) is 0 Å². The Hall–Kier alpha value is -1.53. The van der Waals surface area contributed by atoms with Crippen LogP contribution < -0.4 is 4.90 Å². The summed E-state index contributed by atoms with van der Waals surface area (Å²) in [5, 5.41) is 0. The summed E-state index contributed by atoms with van der Waals surface area (Å²) >= 11 is 0. The molecule has 0 amide bonds. The maximum Gasteiger partial charge on any atom is 0.123 e. The van der Waals surface area contributed by atoms with Gasteiger partial charge in [0.2, 0.25) is 0 Å². The summed E-state index contributed by atoms with van der Waals surface area (Å²) in [7, 11) is 0. The number of nitrogens with zero attached hydrogens (tertiary/aromatic N) is 2. The van der Waals surface area contributed by atoms with Gasteiger partial charge in [-0.1, -0.05) is 13.3 Å². The van der Waals surface area contributed by atoms with Gasteiger partial charge in [0.25, 0.3) is 0 Å². The van der Waals surface area contributed by atoms with Crippen LogP contribution in [0.2, 0.25) is 0 Å². The van der Waals surface area contributed by atoms with E-state index in [2.05, 4.69) is 22.6 Å². The fourth-order valence-electron chi connectivity index (χ4n) is 3.04. The highest BCUT2D eigenvalue weighted by Gasteiger charge is 2.19. The number of rotatable bonds is 6. The second-order valence-electron chi connectivity index (χ2n) is 5.83. The lowest BCUT2D eigenvalue weighted by molar-refractivity contribution is 0.214. The molecule has 1 heterocycles. The van der Waals surface area contributed by atoms with E-state index in [1.165, 1.54) is 25.0 Å². The van der Waals surface area contributed by atoms with Gasteiger partial charge >= 0.3 is 0 Å². The average Bonchev–Trinajstić information content (AvgIpc) is 2.49. The molecule has 0 N–H and O–H groups in total. The molecule has 1 fully saturated rings. The van der Waals surface area contributed by atoms with E-state index in [4.69, 9.17) is 6.42 Å². The van der Waals surface area contributed by atoms with Crippen LogP contribution in [0.25, 0.3) is 0 Å². The molecule has 0 bridgehead atoms. The van der Waals surface area contributed by atoms with Crippen LogP contribution >= 0.6 is 0 Å². The molecule has 0 saturated carbocycles. The Morgan fingerprint density at radius 3 is 2.43 bits per heavy atom. The smallest absolute Gasteiger partial charge is 0.123 e. The van der Waals surface area contributed by atoms with Crippen LogP contribution in [0.5, 0.6) is 0 Å². The second kappa shape index (κ2) is 8.05. The molecule has 0 radical (unpaired) electrons. The third kappa shape index (κ3) is 4.75. The maximum atomic E-state index is 13.0. The molecule has 0 aromatic heterocycles. The molecule has 1 aliphatic heterocycles. The van der Waals surface area contributed by atoms with Gasteiger partial charge in [0, 0.05) is 44.8 Å². The summed E-state index contributed by atoms with van der Waals surface area (Å²) in [5.41, 5.74) is 1.12. The van der Waals surface area contributed by atoms with Crippen LogP contribution in [0.4, 0.5) is 10.1 Å². The molecule has 2 nitrogen and oxygen atoms in total. The van der Waals surface area contributed by atoms with Crippen LogP contribution in [0, 0.1) is 24.1 Å². The van der Waals surface area contributed by atoms with Crippen molar-refractivity contribution in [2.24, 2.45) is 5.92 Å². The average molecular weight is 288 g/mol. The van der Waals surface area contributed by atoms with E-state index in [9.17, 15) is 4.39 Å². The predicted molar refractivity (Wildman–Crippen MR) is 86.9 cm³/mol. The van der Waals surface area contributed by atoms with E-state index in [1.54, 1.807) is 0 Å². The lowest BCUT2D eigenvalue weighted by Gasteiger charge is -2.37. The Balaban J connectivity index is 1.82. The molecule has 114 valence electrons. The Morgan fingerprint density at radius 1 is 1.19 bits per heavy atom. The predicted octanol–water partition coefficient (Wildman–Crippen LogP) is 3.39. The highest BCUT2D eigenvalue weighted by atomic mass is 19.1. The molecule has 1 aliphatic rings. The maximum absolute atomic E-state index is 13.0. The van der Waals surface area contributed by atoms with Crippen molar-refractivity contribution in [3.05, 3.63) is 30.1 Å². The molecule has 1 aromatic carbocycles. The zero-order valence-corrected chi connectivity index (χ0v) is 12.9. The molecule has 1 aromatic rings. The van der Waals surface area contributed by atoms with Crippen LogP contribution in [0.3, 0.4) is 0 Å². The van der Waals surface area contributed by atoms with Gasteiger partial charge in [-0.05, 0) is 36.6 Å². The van der Waals surface area contributed by atoms with Gasteiger partial charge in [-0.25, -0.2) is 4.39 Å². The minimum absolute atomic E-state index is 0.172. The minimum Gasteiger partial charge on any atom is -0.369 e. The number of terminal acetylenes is 1. The van der Waals surface area contributed by atoms with Gasteiger partial charge < -0.3 is 4.90 Å². The van der Waals surface area contributed by atoms with Crippen LogP contribution in [-0.2, 0) is 0 Å². The molecular formula is C18H25FN2. The second-order valence-corrected chi connectivity index (χ2v) is 5.83. The first kappa shape index (κ1) is 15.9. The first-order valence-corrected chi connectivity index (χ1v) is 7.89. The van der Waals surface area contributed by atoms with E-state index >= 15 is 0 Å². The van der Waals surface area contributed by atoms with Gasteiger partial charge in [-0.15, -0.1) is 12.3 Å². The van der Waals surface area contributed by atoms with Crippen LogP contribution in [-0.4, -0.2) is 37.6 Å². The highest BCUT2D eigenvalue weighted by molar-refractivity contribution is 5.46. The van der Waals surface area contributed by atoms with Crippen molar-refractivity contribution in [1.29, 1.82) is 0 Å². The number of piperazine rings is 1. The fraction of sp³-hybridized carbons (Fsp3) is 0.556. The number of hydrogen-bond donors (Lipinski definition) is 0. The first-order valence-electron chi connectivity index (χ1n) is 7.89. The minimum atomic E-state index is -0.172. The van der Waals surface area contributed by atoms with Crippen molar-refractivity contribution in [2.75, 3.05) is 37.6 Å². The van der Waals surface area contributed by atoms with Crippen molar-refractivity contribution in [1.82, 2.24) is 4.90 Å². The van der Waals surface area contributed by atoms with Gasteiger partial charge in [-0.2, -0.15) is 0 Å². The normalized spacial score (nSPS) is 17.5. The van der Waals surface area contributed by atoms with Crippen LogP contribution in [0.1, 0.15) is 26.2 Å². The molecule has 1 atom stereocenters. The first-order chi connectivity index (χ1) is 10.2. The van der Waals surface area contributed by atoms with Gasteiger partial charge in [0.05, 0.1) is 0 Å². The van der Waals surface area contributed by atoms with Crippen LogP contribution in [0.15, 0.2) is 24.3 Å². The lowest BCUT2D eigenvalue weighted by atomic mass is 9.99. The Kier molecular flexibility index (Phi) is 6.07. The number of halogens is 1. The topological polar surface area (TPSA) is 6.48 Å². The number of benzene rings is 1. The largest absolute Gasteiger partial charge is 0.369 e. The molecule has 1 saturated heterocycles. The van der Waals surface area contributed by atoms with Gasteiger partial charge in [-0.3, -0.25) is 4.90 Å². The van der Waals surface area contributed by atoms with E-state index < -0.39 is 0 Å². The zero-order chi connectivity index (χ0) is 15.1. The third-order valence-electron chi connectivity index (χ3n) is 4.18. The van der Waals surface area contributed by atoms with E-state index in [0.29, 0.717) is 5.92 Å². The van der Waals surface area contributed by atoms with Crippen molar-refractivity contribution in [3.8, 4) is 12.3 Å². The quantitative estimate of drug-likeness (QED) is 0.740. The fourth-order valence-corrected chi connectivity index (χ4v) is 3.04. The van der Waals surface area contributed by atoms with Crippen molar-refractivity contribution >= 4 is 5.69 Å². The number of hydrogen-bond acceptors (Lipinski definition) is 2. The van der Waals surface area contributed by atoms with Gasteiger partial charge in [0.15, 0.2) is 0 Å². The monoisotopic (exact) mass is 288 g/mol. The molecular weight excluding hydrogens is 263 g/mol. The third-order valence-corrected chi connectivity index (χ3v) is 4.18. The summed E-state index contributed by atoms with van der Waals surface area (Å²) in [6.45, 7) is 7.44. The molecule has 21 heavy (non-hydrogen) atoms. The molecule has 0 aliphatic carbocycles. The number of anilines is 1. The summed E-state index contributed by atoms with van der Waals surface area (Å²) < 4.78 is 13.0. The Morgan fingerprint density at radius 2 is 1.86 bits per heavy atom. The molecule has 1 unspecified atom stereocenters. The van der Waals surface area contributed by atoms with E-state index in [0.717, 1.165) is 44.8 Å². The molecule has 0 spiro atoms. The van der Waals surface area contributed by atoms with Crippen molar-refractivity contribution in [2.45, 2.75) is 26.2 Å². The Labute approximate surface area is 127 Å². The summed E-state index contributed by atoms with van der Waals surface area (Å²) in [6, 6.07) is 6.80. The zero-order valence-electron chi connectivity index (χ0n) is 12.9. The van der Waals surface area contributed by atoms with E-state index in [-0.39, 0.29) is 5.82 Å². The summed E-state index contributed by atoms with van der Waals surface area (Å²) in [5.74, 6) is 3.26. The van der Waals surface area contributed by atoms with Gasteiger partial charge in [0.1, 0.15) is 5.82 Å². The molecule has 2 rings (SSSR count). The summed E-state index contributed by atoms with van der Waals surface area (Å²) in [6.07, 6.45) is 8.76. The lowest BCUT2D eigenvalue weighted by Crippen LogP contribution is -2.47. The molecule has 3 heteroatoms.